The van der Waals surface area contributed by atoms with E-state index in [0.29, 0.717) is 10.0 Å². The van der Waals surface area contributed by atoms with E-state index >= 15 is 0 Å². The van der Waals surface area contributed by atoms with Crippen molar-refractivity contribution < 1.29 is 13.2 Å². The summed E-state index contributed by atoms with van der Waals surface area (Å²) < 4.78 is 28.9. The summed E-state index contributed by atoms with van der Waals surface area (Å²) in [5, 5.41) is 6.95. The molecule has 2 aromatic rings. The molecule has 0 heterocycles. The molecular weight excluding hydrogens is 380 g/mol. The first-order valence-electron chi connectivity index (χ1n) is 8.83. The lowest BCUT2D eigenvalue weighted by molar-refractivity contribution is 0.242. The third-order valence-electron chi connectivity index (χ3n) is 3.89. The molecule has 1 atom stereocenters. The second kappa shape index (κ2) is 9.19. The Kier molecular flexibility index (Phi) is 7.21. The molecule has 0 fully saturated rings. The Morgan fingerprint density at radius 1 is 1.15 bits per heavy atom. The summed E-state index contributed by atoms with van der Waals surface area (Å²) in [4.78, 5) is 0.309. The lowest BCUT2D eigenvalue weighted by atomic mass is 10.1. The number of rotatable bonds is 7. The maximum atomic E-state index is 11.6. The quantitative estimate of drug-likeness (QED) is 0.668. The Labute approximate surface area is 167 Å². The maximum Gasteiger partial charge on any atom is 0.175 e. The SMILES string of the molecule is CC[C@H](NC(=S)Nc1cccc(OC(C)C)c1)c1ccc(S(C)(=O)=O)cc1. The lowest BCUT2D eigenvalue weighted by Gasteiger charge is -2.20. The largest absolute Gasteiger partial charge is 0.491 e. The Bertz CT molecular complexity index is 878. The zero-order valence-corrected chi connectivity index (χ0v) is 17.7. The van der Waals surface area contributed by atoms with Gasteiger partial charge in [-0.15, -0.1) is 0 Å². The zero-order chi connectivity index (χ0) is 20.0. The third-order valence-corrected chi connectivity index (χ3v) is 5.24. The molecule has 2 aromatic carbocycles. The van der Waals surface area contributed by atoms with Crippen molar-refractivity contribution in [2.75, 3.05) is 11.6 Å². The molecule has 0 aliphatic carbocycles. The van der Waals surface area contributed by atoms with Crippen molar-refractivity contribution in [3.8, 4) is 5.75 Å². The Morgan fingerprint density at radius 3 is 2.37 bits per heavy atom. The van der Waals surface area contributed by atoms with Crippen molar-refractivity contribution in [1.29, 1.82) is 0 Å². The Hall–Kier alpha value is -2.12. The van der Waals surface area contributed by atoms with Crippen molar-refractivity contribution in [2.45, 2.75) is 44.2 Å². The number of ether oxygens (including phenoxy) is 1. The summed E-state index contributed by atoms with van der Waals surface area (Å²) in [5.41, 5.74) is 1.82. The number of benzene rings is 2. The molecule has 27 heavy (non-hydrogen) atoms. The first kappa shape index (κ1) is 21.2. The highest BCUT2D eigenvalue weighted by molar-refractivity contribution is 7.90. The highest BCUT2D eigenvalue weighted by Gasteiger charge is 2.13. The first-order chi connectivity index (χ1) is 12.7. The van der Waals surface area contributed by atoms with E-state index in [-0.39, 0.29) is 12.1 Å². The molecule has 0 bridgehead atoms. The number of anilines is 1. The van der Waals surface area contributed by atoms with Crippen molar-refractivity contribution in [1.82, 2.24) is 5.32 Å². The van der Waals surface area contributed by atoms with Gasteiger partial charge in [-0.05, 0) is 62.3 Å². The fourth-order valence-electron chi connectivity index (χ4n) is 2.61. The molecule has 0 aliphatic heterocycles. The molecule has 0 saturated carbocycles. The minimum absolute atomic E-state index is 0.0197. The molecule has 0 unspecified atom stereocenters. The van der Waals surface area contributed by atoms with Gasteiger partial charge in [0, 0.05) is 18.0 Å². The maximum absolute atomic E-state index is 11.6. The zero-order valence-electron chi connectivity index (χ0n) is 16.0. The van der Waals surface area contributed by atoms with Crippen LogP contribution in [0.3, 0.4) is 0 Å². The monoisotopic (exact) mass is 406 g/mol. The van der Waals surface area contributed by atoms with Gasteiger partial charge in [0.05, 0.1) is 17.0 Å². The van der Waals surface area contributed by atoms with Crippen LogP contribution in [0.15, 0.2) is 53.4 Å². The van der Waals surface area contributed by atoms with Crippen LogP contribution in [0.25, 0.3) is 0 Å². The van der Waals surface area contributed by atoms with Crippen LogP contribution in [0, 0.1) is 0 Å². The predicted octanol–water partition coefficient (Wildman–Crippen LogP) is 4.32. The topological polar surface area (TPSA) is 67.4 Å². The van der Waals surface area contributed by atoms with Crippen LogP contribution < -0.4 is 15.4 Å². The number of sulfone groups is 1. The van der Waals surface area contributed by atoms with Gasteiger partial charge in [-0.1, -0.05) is 25.1 Å². The third kappa shape index (κ3) is 6.52. The van der Waals surface area contributed by atoms with Crippen molar-refractivity contribution in [2.24, 2.45) is 0 Å². The summed E-state index contributed by atoms with van der Waals surface area (Å²) in [7, 11) is -3.20. The van der Waals surface area contributed by atoms with E-state index < -0.39 is 9.84 Å². The fourth-order valence-corrected chi connectivity index (χ4v) is 3.50. The van der Waals surface area contributed by atoms with E-state index in [1.165, 1.54) is 6.26 Å². The molecule has 0 amide bonds. The number of nitrogens with one attached hydrogen (secondary N) is 2. The molecule has 2 rings (SSSR count). The van der Waals surface area contributed by atoms with Crippen molar-refractivity contribution in [3.63, 3.8) is 0 Å². The van der Waals surface area contributed by atoms with Crippen molar-refractivity contribution in [3.05, 3.63) is 54.1 Å². The summed E-state index contributed by atoms with van der Waals surface area (Å²) >= 11 is 5.44. The van der Waals surface area contributed by atoms with Gasteiger partial charge >= 0.3 is 0 Å². The standard InChI is InChI=1S/C20H26N2O3S2/c1-5-19(15-9-11-18(12-10-15)27(4,23)24)22-20(26)21-16-7-6-8-17(13-16)25-14(2)3/h6-14,19H,5H2,1-4H3,(H2,21,22,26)/t19-/m0/s1. The highest BCUT2D eigenvalue weighted by atomic mass is 32.2. The molecular formula is C20H26N2O3S2. The lowest BCUT2D eigenvalue weighted by Crippen LogP contribution is -2.32. The van der Waals surface area contributed by atoms with Crippen LogP contribution in [-0.2, 0) is 9.84 Å². The minimum atomic E-state index is -3.20. The van der Waals surface area contributed by atoms with E-state index in [1.54, 1.807) is 12.1 Å². The minimum Gasteiger partial charge on any atom is -0.491 e. The molecule has 2 N–H and O–H groups in total. The second-order valence-corrected chi connectivity index (χ2v) is 9.02. The average molecular weight is 407 g/mol. The summed E-state index contributed by atoms with van der Waals surface area (Å²) in [6, 6.07) is 14.5. The van der Waals surface area contributed by atoms with Gasteiger partial charge in [0.25, 0.3) is 0 Å². The Morgan fingerprint density at radius 2 is 1.81 bits per heavy atom. The molecule has 0 saturated heterocycles. The van der Waals surface area contributed by atoms with Crippen LogP contribution in [0.4, 0.5) is 5.69 Å². The highest BCUT2D eigenvalue weighted by Crippen LogP contribution is 2.21. The predicted molar refractivity (Wildman–Crippen MR) is 114 cm³/mol. The summed E-state index contributed by atoms with van der Waals surface area (Å²) in [5.74, 6) is 0.779. The molecule has 0 radical (unpaired) electrons. The fraction of sp³-hybridized carbons (Fsp3) is 0.350. The van der Waals surface area contributed by atoms with Crippen LogP contribution >= 0.6 is 12.2 Å². The number of thiocarbonyl (C=S) groups is 1. The smallest absolute Gasteiger partial charge is 0.175 e. The average Bonchev–Trinajstić information content (AvgIpc) is 2.59. The van der Waals surface area contributed by atoms with E-state index in [9.17, 15) is 8.42 Å². The normalized spacial score (nSPS) is 12.5. The summed E-state index contributed by atoms with van der Waals surface area (Å²) in [6.45, 7) is 6.00. The summed E-state index contributed by atoms with van der Waals surface area (Å²) in [6.07, 6.45) is 2.11. The van der Waals surface area contributed by atoms with Gasteiger partial charge in [-0.2, -0.15) is 0 Å². The van der Waals surface area contributed by atoms with Crippen LogP contribution in [0.1, 0.15) is 38.8 Å². The molecule has 0 aromatic heterocycles. The van der Waals surface area contributed by atoms with Crippen LogP contribution in [0.5, 0.6) is 5.75 Å². The van der Waals surface area contributed by atoms with Gasteiger partial charge in [-0.3, -0.25) is 0 Å². The van der Waals surface area contributed by atoms with Gasteiger partial charge in [0.2, 0.25) is 0 Å². The molecule has 7 heteroatoms. The van der Waals surface area contributed by atoms with Crippen LogP contribution in [-0.4, -0.2) is 25.9 Å². The van der Waals surface area contributed by atoms with E-state index in [0.717, 1.165) is 23.4 Å². The molecule has 146 valence electrons. The van der Waals surface area contributed by atoms with Gasteiger partial charge in [0.15, 0.2) is 14.9 Å². The van der Waals surface area contributed by atoms with Crippen molar-refractivity contribution >= 4 is 32.9 Å². The Balaban J connectivity index is 2.05. The van der Waals surface area contributed by atoms with E-state index in [2.05, 4.69) is 10.6 Å². The van der Waals surface area contributed by atoms with Crippen LogP contribution in [0.2, 0.25) is 0 Å². The second-order valence-electron chi connectivity index (χ2n) is 6.59. The van der Waals surface area contributed by atoms with Gasteiger partial charge in [0.1, 0.15) is 5.75 Å². The number of hydrogen-bond acceptors (Lipinski definition) is 4. The van der Waals surface area contributed by atoms with Gasteiger partial charge < -0.3 is 15.4 Å². The van der Waals surface area contributed by atoms with E-state index in [1.807, 2.05) is 57.2 Å². The molecule has 5 nitrogen and oxygen atoms in total. The first-order valence-corrected chi connectivity index (χ1v) is 11.1. The van der Waals surface area contributed by atoms with Gasteiger partial charge in [-0.25, -0.2) is 8.42 Å². The number of hydrogen-bond donors (Lipinski definition) is 2. The van der Waals surface area contributed by atoms with E-state index in [4.69, 9.17) is 17.0 Å². The molecule has 0 spiro atoms. The molecule has 0 aliphatic rings.